The highest BCUT2D eigenvalue weighted by Gasteiger charge is 2.20. The maximum absolute atomic E-state index is 7.64. The standard InChI is InChI=1S/C10H13ClN4O2/c1-5(7-4-9(13)17-15-7)6(3-8(11)12)10(14)16-2/h3-5,12,14H,13H2,1-2H3/b6-3-,12-8?,14-10?. The van der Waals surface area contributed by atoms with Crippen LogP contribution in [0.15, 0.2) is 22.2 Å². The van der Waals surface area contributed by atoms with Crippen LogP contribution < -0.4 is 5.73 Å². The number of ether oxygens (including phenoxy) is 1. The minimum absolute atomic E-state index is 0.0792. The number of aromatic nitrogens is 1. The van der Waals surface area contributed by atoms with Crippen LogP contribution in [-0.2, 0) is 4.74 Å². The number of hydrogen-bond donors (Lipinski definition) is 3. The number of rotatable bonds is 4. The van der Waals surface area contributed by atoms with E-state index in [9.17, 15) is 0 Å². The summed E-state index contributed by atoms with van der Waals surface area (Å²) in [5.41, 5.74) is 6.41. The van der Waals surface area contributed by atoms with E-state index in [2.05, 4.69) is 5.16 Å². The molecular formula is C10H13ClN4O2. The van der Waals surface area contributed by atoms with Crippen LogP contribution in [0.1, 0.15) is 18.5 Å². The molecule has 0 aromatic carbocycles. The Morgan fingerprint density at radius 1 is 1.65 bits per heavy atom. The molecule has 0 amide bonds. The molecular weight excluding hydrogens is 244 g/mol. The zero-order chi connectivity index (χ0) is 13.0. The summed E-state index contributed by atoms with van der Waals surface area (Å²) in [6, 6.07) is 1.55. The third-order valence-electron chi connectivity index (χ3n) is 2.21. The van der Waals surface area contributed by atoms with Crippen molar-refractivity contribution in [3.63, 3.8) is 0 Å². The largest absolute Gasteiger partial charge is 0.481 e. The van der Waals surface area contributed by atoms with Crippen LogP contribution in [0.2, 0.25) is 0 Å². The fraction of sp³-hybridized carbons (Fsp3) is 0.300. The van der Waals surface area contributed by atoms with Gasteiger partial charge in [-0.1, -0.05) is 23.7 Å². The van der Waals surface area contributed by atoms with Crippen LogP contribution in [-0.4, -0.2) is 23.3 Å². The van der Waals surface area contributed by atoms with Crippen molar-refractivity contribution in [3.05, 3.63) is 23.4 Å². The second-order valence-corrected chi connectivity index (χ2v) is 3.76. The van der Waals surface area contributed by atoms with Crippen molar-refractivity contribution in [1.82, 2.24) is 5.16 Å². The molecule has 6 nitrogen and oxygen atoms in total. The summed E-state index contributed by atoms with van der Waals surface area (Å²) in [4.78, 5) is 0. The lowest BCUT2D eigenvalue weighted by Crippen LogP contribution is -2.12. The predicted octanol–water partition coefficient (Wildman–Crippen LogP) is 2.13. The first kappa shape index (κ1) is 13.2. The van der Waals surface area contributed by atoms with Crippen molar-refractivity contribution in [2.75, 3.05) is 12.8 Å². The Labute approximate surface area is 103 Å². The Morgan fingerprint density at radius 2 is 2.29 bits per heavy atom. The van der Waals surface area contributed by atoms with E-state index in [1.807, 2.05) is 0 Å². The van der Waals surface area contributed by atoms with Crippen molar-refractivity contribution in [3.8, 4) is 0 Å². The molecule has 0 saturated carbocycles. The molecule has 0 bridgehead atoms. The number of nitrogens with zero attached hydrogens (tertiary/aromatic N) is 1. The van der Waals surface area contributed by atoms with Crippen LogP contribution in [0.5, 0.6) is 0 Å². The van der Waals surface area contributed by atoms with Crippen LogP contribution >= 0.6 is 11.6 Å². The zero-order valence-corrected chi connectivity index (χ0v) is 10.2. The molecule has 0 radical (unpaired) electrons. The van der Waals surface area contributed by atoms with E-state index in [-0.39, 0.29) is 22.9 Å². The SMILES string of the molecule is COC(=N)/C(=C\C(=N)Cl)C(C)c1cc(N)on1. The first-order valence-corrected chi connectivity index (χ1v) is 5.14. The first-order chi connectivity index (χ1) is 7.95. The molecule has 1 unspecified atom stereocenters. The van der Waals surface area contributed by atoms with E-state index < -0.39 is 0 Å². The van der Waals surface area contributed by atoms with Crippen molar-refractivity contribution < 1.29 is 9.26 Å². The van der Waals surface area contributed by atoms with Gasteiger partial charge >= 0.3 is 0 Å². The molecule has 92 valence electrons. The molecule has 0 aliphatic carbocycles. The van der Waals surface area contributed by atoms with Gasteiger partial charge in [0.1, 0.15) is 5.17 Å². The lowest BCUT2D eigenvalue weighted by Gasteiger charge is -2.13. The van der Waals surface area contributed by atoms with Gasteiger partial charge < -0.3 is 15.0 Å². The highest BCUT2D eigenvalue weighted by Crippen LogP contribution is 2.25. The van der Waals surface area contributed by atoms with Gasteiger partial charge in [0, 0.05) is 17.6 Å². The molecule has 0 aliphatic heterocycles. The summed E-state index contributed by atoms with van der Waals surface area (Å²) in [6.45, 7) is 1.79. The summed E-state index contributed by atoms with van der Waals surface area (Å²) in [7, 11) is 1.37. The van der Waals surface area contributed by atoms with E-state index in [1.54, 1.807) is 13.0 Å². The summed E-state index contributed by atoms with van der Waals surface area (Å²) < 4.78 is 9.59. The number of hydrogen-bond acceptors (Lipinski definition) is 6. The van der Waals surface area contributed by atoms with Crippen LogP contribution in [0.25, 0.3) is 0 Å². The maximum atomic E-state index is 7.64. The monoisotopic (exact) mass is 256 g/mol. The Bertz CT molecular complexity index is 467. The lowest BCUT2D eigenvalue weighted by atomic mass is 9.97. The number of nitrogens with one attached hydrogen (secondary N) is 2. The van der Waals surface area contributed by atoms with Gasteiger partial charge in [-0.2, -0.15) is 0 Å². The van der Waals surface area contributed by atoms with Crippen LogP contribution in [0, 0.1) is 10.8 Å². The number of halogens is 1. The molecule has 7 heteroatoms. The topological polar surface area (TPSA) is 109 Å². The van der Waals surface area contributed by atoms with Gasteiger partial charge in [-0.3, -0.25) is 10.8 Å². The highest BCUT2D eigenvalue weighted by molar-refractivity contribution is 6.67. The molecule has 1 atom stereocenters. The second-order valence-electron chi connectivity index (χ2n) is 3.36. The lowest BCUT2D eigenvalue weighted by molar-refractivity contribution is 0.395. The normalized spacial score (nSPS) is 13.2. The molecule has 1 rings (SSSR count). The van der Waals surface area contributed by atoms with Gasteiger partial charge in [-0.05, 0) is 6.08 Å². The second kappa shape index (κ2) is 5.49. The maximum Gasteiger partial charge on any atom is 0.222 e. The van der Waals surface area contributed by atoms with E-state index in [1.165, 1.54) is 13.2 Å². The fourth-order valence-corrected chi connectivity index (χ4v) is 1.43. The molecule has 0 fully saturated rings. The van der Waals surface area contributed by atoms with E-state index in [0.29, 0.717) is 11.3 Å². The fourth-order valence-electron chi connectivity index (χ4n) is 1.31. The molecule has 17 heavy (non-hydrogen) atoms. The molecule has 0 spiro atoms. The minimum Gasteiger partial charge on any atom is -0.481 e. The van der Waals surface area contributed by atoms with Crippen molar-refractivity contribution >= 4 is 28.6 Å². The van der Waals surface area contributed by atoms with Crippen molar-refractivity contribution in [1.29, 1.82) is 10.8 Å². The minimum atomic E-state index is -0.303. The van der Waals surface area contributed by atoms with Crippen molar-refractivity contribution in [2.45, 2.75) is 12.8 Å². The summed E-state index contributed by atoms with van der Waals surface area (Å²) >= 11 is 5.50. The number of nitrogens with two attached hydrogens (primary N) is 1. The van der Waals surface area contributed by atoms with E-state index in [0.717, 1.165) is 0 Å². The number of nitrogen functional groups attached to an aromatic ring is 1. The Balaban J connectivity index is 3.07. The molecule has 4 N–H and O–H groups in total. The Morgan fingerprint density at radius 3 is 2.71 bits per heavy atom. The quantitative estimate of drug-likeness (QED) is 0.566. The van der Waals surface area contributed by atoms with Crippen LogP contribution in [0.3, 0.4) is 0 Å². The molecule has 0 aliphatic rings. The van der Waals surface area contributed by atoms with Gasteiger partial charge in [-0.25, -0.2) is 0 Å². The van der Waals surface area contributed by atoms with E-state index >= 15 is 0 Å². The van der Waals surface area contributed by atoms with Crippen molar-refractivity contribution in [2.24, 2.45) is 0 Å². The molecule has 0 saturated heterocycles. The average molecular weight is 257 g/mol. The number of anilines is 1. The smallest absolute Gasteiger partial charge is 0.222 e. The number of allylic oxidation sites excluding steroid dienone is 1. The third kappa shape index (κ3) is 3.32. The Kier molecular flexibility index (Phi) is 4.28. The van der Waals surface area contributed by atoms with Gasteiger partial charge in [0.2, 0.25) is 11.8 Å². The summed E-state index contributed by atoms with van der Waals surface area (Å²) in [5.74, 6) is -0.192. The third-order valence-corrected chi connectivity index (χ3v) is 2.31. The van der Waals surface area contributed by atoms with Gasteiger partial charge in [0.05, 0.1) is 12.8 Å². The highest BCUT2D eigenvalue weighted by atomic mass is 35.5. The summed E-state index contributed by atoms with van der Waals surface area (Å²) in [6.07, 6.45) is 1.34. The van der Waals surface area contributed by atoms with Gasteiger partial charge in [-0.15, -0.1) is 0 Å². The summed E-state index contributed by atoms with van der Waals surface area (Å²) in [5, 5.41) is 18.4. The molecule has 1 aromatic rings. The van der Waals surface area contributed by atoms with Crippen LogP contribution in [0.4, 0.5) is 5.88 Å². The van der Waals surface area contributed by atoms with E-state index in [4.69, 9.17) is 37.4 Å². The van der Waals surface area contributed by atoms with Gasteiger partial charge in [0.15, 0.2) is 0 Å². The number of methoxy groups -OCH3 is 1. The van der Waals surface area contributed by atoms with Gasteiger partial charge in [0.25, 0.3) is 0 Å². The Hall–Kier alpha value is -1.82. The molecule has 1 aromatic heterocycles. The first-order valence-electron chi connectivity index (χ1n) is 4.76. The predicted molar refractivity (Wildman–Crippen MR) is 65.7 cm³/mol. The molecule has 1 heterocycles. The average Bonchev–Trinajstić information content (AvgIpc) is 2.70. The zero-order valence-electron chi connectivity index (χ0n) is 9.45.